The van der Waals surface area contributed by atoms with Gasteiger partial charge in [0.2, 0.25) is 0 Å². The molecule has 0 atom stereocenters. The second-order valence-electron chi connectivity index (χ2n) is 6.38. The Hall–Kier alpha value is -4.09. The van der Waals surface area contributed by atoms with Gasteiger partial charge in [0.1, 0.15) is 16.6 Å². The van der Waals surface area contributed by atoms with Crippen molar-refractivity contribution in [3.8, 4) is 17.3 Å². The van der Waals surface area contributed by atoms with Crippen molar-refractivity contribution in [1.29, 1.82) is 5.26 Å². The number of benzene rings is 1. The molecule has 2 N–H and O–H groups in total. The fourth-order valence-corrected chi connectivity index (χ4v) is 3.65. The number of hydrogen-bond donors (Lipinski definition) is 2. The lowest BCUT2D eigenvalue weighted by Crippen LogP contribution is -2.34. The van der Waals surface area contributed by atoms with Gasteiger partial charge in [-0.1, -0.05) is 18.2 Å². The van der Waals surface area contributed by atoms with Gasteiger partial charge in [0.15, 0.2) is 0 Å². The van der Waals surface area contributed by atoms with Crippen LogP contribution in [0.1, 0.15) is 21.1 Å². The summed E-state index contributed by atoms with van der Waals surface area (Å²) in [4.78, 5) is 26.0. The molecule has 0 aliphatic rings. The molecule has 3 aromatic heterocycles. The molecule has 7 nitrogen and oxygen atoms in total. The van der Waals surface area contributed by atoms with E-state index in [0.717, 1.165) is 16.6 Å². The highest BCUT2D eigenvalue weighted by Crippen LogP contribution is 2.24. The first-order chi connectivity index (χ1) is 14.7. The molecule has 8 heteroatoms. The summed E-state index contributed by atoms with van der Waals surface area (Å²) in [6, 6.07) is 15.0. The molecule has 146 valence electrons. The van der Waals surface area contributed by atoms with Gasteiger partial charge in [-0.2, -0.15) is 5.26 Å². The number of fused-ring (bicyclic) bond motifs is 1. The van der Waals surface area contributed by atoms with Gasteiger partial charge in [0.25, 0.3) is 5.91 Å². The lowest BCUT2D eigenvalue weighted by atomic mass is 10.0. The van der Waals surface area contributed by atoms with Gasteiger partial charge in [0.05, 0.1) is 16.8 Å². The SMILES string of the molecule is Cc1csc(/C(C#N)=C/NNC(=O)c2cc(-c3cccnc3)nc3ccccc23)n1. The molecule has 0 bridgehead atoms. The number of nitrogens with zero attached hydrogens (tertiary/aromatic N) is 4. The van der Waals surface area contributed by atoms with E-state index < -0.39 is 0 Å². The summed E-state index contributed by atoms with van der Waals surface area (Å²) in [7, 11) is 0. The number of para-hydroxylation sites is 1. The van der Waals surface area contributed by atoms with E-state index in [0.29, 0.717) is 27.4 Å². The number of pyridine rings is 2. The maximum atomic E-state index is 12.9. The quantitative estimate of drug-likeness (QED) is 0.381. The van der Waals surface area contributed by atoms with E-state index in [1.807, 2.05) is 48.7 Å². The van der Waals surface area contributed by atoms with Gasteiger partial charge in [-0.05, 0) is 31.2 Å². The van der Waals surface area contributed by atoms with Crippen LogP contribution in [-0.4, -0.2) is 20.9 Å². The number of allylic oxidation sites excluding steroid dienone is 1. The fourth-order valence-electron chi connectivity index (χ4n) is 2.89. The number of carbonyl (C=O) groups excluding carboxylic acids is 1. The zero-order valence-corrected chi connectivity index (χ0v) is 16.8. The van der Waals surface area contributed by atoms with E-state index in [-0.39, 0.29) is 5.91 Å². The number of amides is 1. The number of carbonyl (C=O) groups is 1. The molecule has 0 aliphatic carbocycles. The Morgan fingerprint density at radius 2 is 2.07 bits per heavy atom. The molecule has 4 rings (SSSR count). The Labute approximate surface area is 176 Å². The van der Waals surface area contributed by atoms with E-state index in [1.54, 1.807) is 18.5 Å². The average molecular weight is 412 g/mol. The molecule has 1 aromatic carbocycles. The number of hydrazine groups is 1. The predicted octanol–water partition coefficient (Wildman–Crippen LogP) is 3.86. The van der Waals surface area contributed by atoms with Gasteiger partial charge in [0, 0.05) is 40.6 Å². The Balaban J connectivity index is 1.63. The Bertz CT molecular complexity index is 1290. The molecule has 0 unspecified atom stereocenters. The minimum atomic E-state index is -0.345. The van der Waals surface area contributed by atoms with Crippen molar-refractivity contribution in [2.24, 2.45) is 0 Å². The summed E-state index contributed by atoms with van der Waals surface area (Å²) >= 11 is 1.37. The summed E-state index contributed by atoms with van der Waals surface area (Å²) in [5.41, 5.74) is 9.15. The van der Waals surface area contributed by atoms with Crippen LogP contribution in [0.2, 0.25) is 0 Å². The van der Waals surface area contributed by atoms with Crippen LogP contribution in [0.25, 0.3) is 27.7 Å². The molecule has 0 saturated heterocycles. The minimum absolute atomic E-state index is 0.337. The number of thiazole rings is 1. The van der Waals surface area contributed by atoms with E-state index in [9.17, 15) is 10.1 Å². The van der Waals surface area contributed by atoms with Gasteiger partial charge in [-0.25, -0.2) is 9.97 Å². The number of nitrogens with one attached hydrogen (secondary N) is 2. The molecule has 30 heavy (non-hydrogen) atoms. The largest absolute Gasteiger partial charge is 0.304 e. The van der Waals surface area contributed by atoms with Gasteiger partial charge < -0.3 is 5.43 Å². The highest BCUT2D eigenvalue weighted by molar-refractivity contribution is 7.10. The van der Waals surface area contributed by atoms with E-state index in [4.69, 9.17) is 0 Å². The smallest absolute Gasteiger partial charge is 0.270 e. The summed E-state index contributed by atoms with van der Waals surface area (Å²) in [6.07, 6.45) is 4.82. The highest BCUT2D eigenvalue weighted by Gasteiger charge is 2.14. The standard InChI is InChI=1S/C22H16N6OS/c1-14-13-30-22(26-14)16(10-23)12-25-28-21(29)18-9-20(15-5-4-8-24-11-15)27-19-7-3-2-6-17(18)19/h2-9,11-13,25H,1H3,(H,28,29)/b16-12+. The first-order valence-corrected chi connectivity index (χ1v) is 9.92. The van der Waals surface area contributed by atoms with Crippen molar-refractivity contribution in [1.82, 2.24) is 25.8 Å². The monoisotopic (exact) mass is 412 g/mol. The van der Waals surface area contributed by atoms with Gasteiger partial charge in [-0.15, -0.1) is 11.3 Å². The lowest BCUT2D eigenvalue weighted by Gasteiger charge is -2.10. The molecular weight excluding hydrogens is 396 g/mol. The maximum absolute atomic E-state index is 12.9. The Kier molecular flexibility index (Phi) is 5.46. The number of nitriles is 1. The first kappa shape index (κ1) is 19.2. The van der Waals surface area contributed by atoms with Gasteiger partial charge in [-0.3, -0.25) is 15.2 Å². The predicted molar refractivity (Wildman–Crippen MR) is 116 cm³/mol. The molecule has 3 heterocycles. The molecule has 0 radical (unpaired) electrons. The average Bonchev–Trinajstić information content (AvgIpc) is 3.22. The Morgan fingerprint density at radius 3 is 2.80 bits per heavy atom. The van der Waals surface area contributed by atoms with Crippen LogP contribution in [0.4, 0.5) is 0 Å². The second kappa shape index (κ2) is 8.51. The van der Waals surface area contributed by atoms with Crippen LogP contribution in [-0.2, 0) is 0 Å². The molecule has 4 aromatic rings. The number of aromatic nitrogens is 3. The fraction of sp³-hybridized carbons (Fsp3) is 0.0455. The second-order valence-corrected chi connectivity index (χ2v) is 7.23. The number of hydrogen-bond acceptors (Lipinski definition) is 7. The summed E-state index contributed by atoms with van der Waals surface area (Å²) in [5.74, 6) is -0.345. The molecule has 0 fully saturated rings. The third kappa shape index (κ3) is 4.01. The minimum Gasteiger partial charge on any atom is -0.304 e. The van der Waals surface area contributed by atoms with E-state index in [2.05, 4.69) is 31.9 Å². The first-order valence-electron chi connectivity index (χ1n) is 9.04. The van der Waals surface area contributed by atoms with Crippen molar-refractivity contribution in [2.75, 3.05) is 0 Å². The van der Waals surface area contributed by atoms with Crippen molar-refractivity contribution < 1.29 is 4.79 Å². The van der Waals surface area contributed by atoms with Crippen LogP contribution < -0.4 is 10.9 Å². The third-order valence-corrected chi connectivity index (χ3v) is 5.28. The summed E-state index contributed by atoms with van der Waals surface area (Å²) < 4.78 is 0. The van der Waals surface area contributed by atoms with Crippen LogP contribution in [0.5, 0.6) is 0 Å². The maximum Gasteiger partial charge on any atom is 0.270 e. The lowest BCUT2D eigenvalue weighted by molar-refractivity contribution is 0.0942. The summed E-state index contributed by atoms with van der Waals surface area (Å²) in [5, 5.41) is 12.5. The topological polar surface area (TPSA) is 104 Å². The molecule has 0 spiro atoms. The third-order valence-electron chi connectivity index (χ3n) is 4.29. The Morgan fingerprint density at radius 1 is 1.20 bits per heavy atom. The van der Waals surface area contributed by atoms with Crippen molar-refractivity contribution >= 4 is 33.7 Å². The van der Waals surface area contributed by atoms with E-state index >= 15 is 0 Å². The zero-order chi connectivity index (χ0) is 20.9. The molecular formula is C22H16N6OS. The number of rotatable bonds is 5. The van der Waals surface area contributed by atoms with Crippen LogP contribution in [0.15, 0.2) is 66.4 Å². The normalized spacial score (nSPS) is 11.1. The molecule has 0 aliphatic heterocycles. The van der Waals surface area contributed by atoms with Crippen molar-refractivity contribution in [2.45, 2.75) is 6.92 Å². The van der Waals surface area contributed by atoms with Gasteiger partial charge >= 0.3 is 0 Å². The van der Waals surface area contributed by atoms with Crippen molar-refractivity contribution in [3.63, 3.8) is 0 Å². The molecule has 1 amide bonds. The zero-order valence-electron chi connectivity index (χ0n) is 16.0. The number of aryl methyl sites for hydroxylation is 1. The van der Waals surface area contributed by atoms with Crippen LogP contribution in [0.3, 0.4) is 0 Å². The van der Waals surface area contributed by atoms with Crippen molar-refractivity contribution in [3.05, 3.63) is 82.7 Å². The summed E-state index contributed by atoms with van der Waals surface area (Å²) in [6.45, 7) is 1.86. The van der Waals surface area contributed by atoms with Crippen LogP contribution >= 0.6 is 11.3 Å². The molecule has 0 saturated carbocycles. The van der Waals surface area contributed by atoms with Crippen LogP contribution in [0, 0.1) is 18.3 Å². The highest BCUT2D eigenvalue weighted by atomic mass is 32.1. The van der Waals surface area contributed by atoms with E-state index in [1.165, 1.54) is 17.5 Å².